The molecule has 0 atom stereocenters. The Balaban J connectivity index is 1.80. The van der Waals surface area contributed by atoms with Crippen LogP contribution in [0.1, 0.15) is 48.4 Å². The second kappa shape index (κ2) is 9.27. The molecule has 0 heterocycles. The highest BCUT2D eigenvalue weighted by atomic mass is 16.5. The molecule has 140 valence electrons. The summed E-state index contributed by atoms with van der Waals surface area (Å²) in [6.45, 7) is 11.5. The van der Waals surface area contributed by atoms with Crippen LogP contribution in [0.5, 0.6) is 5.75 Å². The molecule has 4 heteroatoms. The molecule has 2 amide bonds. The van der Waals surface area contributed by atoms with Crippen molar-refractivity contribution in [3.8, 4) is 5.75 Å². The summed E-state index contributed by atoms with van der Waals surface area (Å²) in [5, 5.41) is 5.91. The number of hydrogen-bond acceptors (Lipinski definition) is 2. The lowest BCUT2D eigenvalue weighted by Crippen LogP contribution is -2.31. The Morgan fingerprint density at radius 2 is 1.62 bits per heavy atom. The SMILES string of the molecule is Cc1cccc(C(C)C)c1NC(=O)NCCCOc1c(C)cccc1C. The van der Waals surface area contributed by atoms with Gasteiger partial charge in [-0.15, -0.1) is 0 Å². The van der Waals surface area contributed by atoms with Crippen molar-refractivity contribution >= 4 is 11.7 Å². The van der Waals surface area contributed by atoms with Crippen LogP contribution in [0.3, 0.4) is 0 Å². The third-order valence-corrected chi connectivity index (χ3v) is 4.43. The van der Waals surface area contributed by atoms with E-state index in [0.29, 0.717) is 19.1 Å². The topological polar surface area (TPSA) is 50.4 Å². The maximum Gasteiger partial charge on any atom is 0.319 e. The summed E-state index contributed by atoms with van der Waals surface area (Å²) < 4.78 is 5.87. The number of hydrogen-bond donors (Lipinski definition) is 2. The first kappa shape index (κ1) is 19.8. The fraction of sp³-hybridized carbons (Fsp3) is 0.409. The van der Waals surface area contributed by atoms with Gasteiger partial charge in [-0.3, -0.25) is 0 Å². The summed E-state index contributed by atoms with van der Waals surface area (Å²) in [7, 11) is 0. The van der Waals surface area contributed by atoms with Gasteiger partial charge in [-0.05, 0) is 55.4 Å². The number of anilines is 1. The number of ether oxygens (including phenoxy) is 1. The first-order chi connectivity index (χ1) is 12.4. The lowest BCUT2D eigenvalue weighted by Gasteiger charge is -2.17. The Morgan fingerprint density at radius 1 is 1.00 bits per heavy atom. The van der Waals surface area contributed by atoms with Gasteiger partial charge in [0.25, 0.3) is 0 Å². The van der Waals surface area contributed by atoms with Crippen molar-refractivity contribution in [2.75, 3.05) is 18.5 Å². The number of carbonyl (C=O) groups excluding carboxylic acids is 1. The van der Waals surface area contributed by atoms with Crippen LogP contribution in [0.4, 0.5) is 10.5 Å². The lowest BCUT2D eigenvalue weighted by molar-refractivity contribution is 0.250. The smallest absolute Gasteiger partial charge is 0.319 e. The fourth-order valence-corrected chi connectivity index (χ4v) is 2.98. The predicted octanol–water partition coefficient (Wildman–Crippen LogP) is 5.33. The van der Waals surface area contributed by atoms with Crippen LogP contribution < -0.4 is 15.4 Å². The van der Waals surface area contributed by atoms with Gasteiger partial charge in [0.05, 0.1) is 6.61 Å². The zero-order chi connectivity index (χ0) is 19.1. The van der Waals surface area contributed by atoms with E-state index in [0.717, 1.165) is 40.1 Å². The molecule has 0 spiro atoms. The Hall–Kier alpha value is -2.49. The molecule has 0 bridgehead atoms. The number of rotatable bonds is 7. The molecule has 2 aromatic carbocycles. The van der Waals surface area contributed by atoms with Gasteiger partial charge in [0.2, 0.25) is 0 Å². The van der Waals surface area contributed by atoms with E-state index < -0.39 is 0 Å². The lowest BCUT2D eigenvalue weighted by atomic mass is 9.98. The molecule has 0 aliphatic carbocycles. The minimum Gasteiger partial charge on any atom is -0.493 e. The van der Waals surface area contributed by atoms with Gasteiger partial charge < -0.3 is 15.4 Å². The molecule has 2 aromatic rings. The summed E-state index contributed by atoms with van der Waals surface area (Å²) >= 11 is 0. The molecular formula is C22H30N2O2. The summed E-state index contributed by atoms with van der Waals surface area (Å²) in [4.78, 5) is 12.2. The number of nitrogens with one attached hydrogen (secondary N) is 2. The Bertz CT molecular complexity index is 734. The van der Waals surface area contributed by atoms with Gasteiger partial charge in [-0.1, -0.05) is 50.2 Å². The van der Waals surface area contributed by atoms with E-state index in [1.54, 1.807) is 0 Å². The molecule has 0 aromatic heterocycles. The van der Waals surface area contributed by atoms with Crippen LogP contribution in [0.15, 0.2) is 36.4 Å². The van der Waals surface area contributed by atoms with E-state index in [2.05, 4.69) is 30.5 Å². The Morgan fingerprint density at radius 3 is 2.27 bits per heavy atom. The van der Waals surface area contributed by atoms with Gasteiger partial charge in [0.15, 0.2) is 0 Å². The van der Waals surface area contributed by atoms with Gasteiger partial charge in [-0.2, -0.15) is 0 Å². The minimum absolute atomic E-state index is 0.173. The highest BCUT2D eigenvalue weighted by Gasteiger charge is 2.11. The predicted molar refractivity (Wildman–Crippen MR) is 108 cm³/mol. The highest BCUT2D eigenvalue weighted by Crippen LogP contribution is 2.27. The third kappa shape index (κ3) is 5.25. The molecule has 0 unspecified atom stereocenters. The Labute approximate surface area is 157 Å². The molecule has 4 nitrogen and oxygen atoms in total. The maximum absolute atomic E-state index is 12.2. The van der Waals surface area contributed by atoms with Gasteiger partial charge in [0.1, 0.15) is 5.75 Å². The number of urea groups is 1. The average Bonchev–Trinajstić information content (AvgIpc) is 2.58. The van der Waals surface area contributed by atoms with Crippen LogP contribution in [-0.2, 0) is 0 Å². The fourth-order valence-electron chi connectivity index (χ4n) is 2.98. The van der Waals surface area contributed by atoms with Crippen molar-refractivity contribution in [3.05, 3.63) is 58.7 Å². The van der Waals surface area contributed by atoms with Crippen molar-refractivity contribution in [1.29, 1.82) is 0 Å². The van der Waals surface area contributed by atoms with Crippen LogP contribution in [0.2, 0.25) is 0 Å². The number of aryl methyl sites for hydroxylation is 3. The number of para-hydroxylation sites is 2. The number of carbonyl (C=O) groups is 1. The molecular weight excluding hydrogens is 324 g/mol. The van der Waals surface area contributed by atoms with Crippen molar-refractivity contribution < 1.29 is 9.53 Å². The second-order valence-corrected chi connectivity index (χ2v) is 7.00. The van der Waals surface area contributed by atoms with Crippen LogP contribution in [0, 0.1) is 20.8 Å². The van der Waals surface area contributed by atoms with E-state index in [1.807, 2.05) is 51.1 Å². The van der Waals surface area contributed by atoms with Gasteiger partial charge >= 0.3 is 6.03 Å². The highest BCUT2D eigenvalue weighted by molar-refractivity contribution is 5.91. The van der Waals surface area contributed by atoms with Crippen molar-refractivity contribution in [2.45, 2.75) is 47.0 Å². The van der Waals surface area contributed by atoms with Crippen molar-refractivity contribution in [1.82, 2.24) is 5.32 Å². The minimum atomic E-state index is -0.173. The Kier molecular flexibility index (Phi) is 7.07. The molecule has 0 radical (unpaired) electrons. The molecule has 0 aliphatic heterocycles. The summed E-state index contributed by atoms with van der Waals surface area (Å²) in [6.07, 6.45) is 0.756. The summed E-state index contributed by atoms with van der Waals surface area (Å²) in [6, 6.07) is 12.0. The van der Waals surface area contributed by atoms with Crippen molar-refractivity contribution in [2.24, 2.45) is 0 Å². The molecule has 26 heavy (non-hydrogen) atoms. The second-order valence-electron chi connectivity index (χ2n) is 7.00. The van der Waals surface area contributed by atoms with Crippen LogP contribution in [0.25, 0.3) is 0 Å². The quantitative estimate of drug-likeness (QED) is 0.661. The number of benzene rings is 2. The zero-order valence-corrected chi connectivity index (χ0v) is 16.5. The zero-order valence-electron chi connectivity index (χ0n) is 16.5. The van der Waals surface area contributed by atoms with E-state index in [9.17, 15) is 4.79 Å². The van der Waals surface area contributed by atoms with E-state index in [1.165, 1.54) is 0 Å². The molecule has 2 rings (SSSR count). The molecule has 0 aliphatic rings. The maximum atomic E-state index is 12.2. The van der Waals surface area contributed by atoms with Crippen molar-refractivity contribution in [3.63, 3.8) is 0 Å². The van der Waals surface area contributed by atoms with E-state index in [-0.39, 0.29) is 6.03 Å². The first-order valence-corrected chi connectivity index (χ1v) is 9.23. The normalized spacial score (nSPS) is 10.7. The standard InChI is InChI=1S/C22H30N2O2/c1-15(2)19-12-7-9-16(3)20(19)24-22(25)23-13-8-14-26-21-17(4)10-6-11-18(21)5/h6-7,9-12,15H,8,13-14H2,1-5H3,(H2,23,24,25). The van der Waals surface area contributed by atoms with E-state index in [4.69, 9.17) is 4.74 Å². The van der Waals surface area contributed by atoms with E-state index >= 15 is 0 Å². The molecule has 0 saturated carbocycles. The molecule has 2 N–H and O–H groups in total. The van der Waals surface area contributed by atoms with Crippen LogP contribution >= 0.6 is 0 Å². The average molecular weight is 354 g/mol. The molecule has 0 fully saturated rings. The summed E-state index contributed by atoms with van der Waals surface area (Å²) in [5.74, 6) is 1.30. The van der Waals surface area contributed by atoms with Gasteiger partial charge in [-0.25, -0.2) is 4.79 Å². The first-order valence-electron chi connectivity index (χ1n) is 9.23. The monoisotopic (exact) mass is 354 g/mol. The third-order valence-electron chi connectivity index (χ3n) is 4.43. The van der Waals surface area contributed by atoms with Crippen LogP contribution in [-0.4, -0.2) is 19.2 Å². The summed E-state index contributed by atoms with van der Waals surface area (Å²) in [5.41, 5.74) is 5.41. The largest absolute Gasteiger partial charge is 0.493 e. The number of amides is 2. The molecule has 0 saturated heterocycles. The van der Waals surface area contributed by atoms with Gasteiger partial charge in [0, 0.05) is 12.2 Å².